The van der Waals surface area contributed by atoms with Crippen molar-refractivity contribution in [2.75, 3.05) is 0 Å². The molecule has 62 heavy (non-hydrogen) atoms. The quantitative estimate of drug-likeness (QED) is 0.123. The molecule has 0 aliphatic heterocycles. The number of furan rings is 1. The molecule has 0 saturated heterocycles. The van der Waals surface area contributed by atoms with Crippen LogP contribution in [0.5, 0.6) is 0 Å². The van der Waals surface area contributed by atoms with E-state index in [1.165, 1.54) is 34.5 Å². The normalized spacial score (nSPS) is 12.8. The number of hydrogen-bond acceptors (Lipinski definition) is 4. The van der Waals surface area contributed by atoms with Crippen LogP contribution in [0.15, 0.2) is 126 Å². The van der Waals surface area contributed by atoms with Crippen molar-refractivity contribution in [3.8, 4) is 28.3 Å². The molecule has 313 valence electrons. The maximum absolute atomic E-state index is 14.1. The molecule has 0 unspecified atom stereocenters. The van der Waals surface area contributed by atoms with Crippen molar-refractivity contribution >= 4 is 68.0 Å². The first-order chi connectivity index (χ1) is 30.5. The van der Waals surface area contributed by atoms with Gasteiger partial charge in [-0.2, -0.15) is 0 Å². The fraction of sp³-hybridized carbons (Fsp3) is 0.189. The third-order valence-corrected chi connectivity index (χ3v) is 13.3. The van der Waals surface area contributed by atoms with E-state index < -0.39 is 20.7 Å². The summed E-state index contributed by atoms with van der Waals surface area (Å²) in [4.78, 5) is 14.3. The van der Waals surface area contributed by atoms with Crippen molar-refractivity contribution in [1.29, 1.82) is 0 Å². The van der Waals surface area contributed by atoms with Crippen LogP contribution in [0.3, 0.4) is 0 Å². The number of halogens is 2. The first-order valence-electron chi connectivity index (χ1n) is 22.0. The van der Waals surface area contributed by atoms with Crippen LogP contribution < -0.4 is 5.19 Å². The molecule has 0 aliphatic carbocycles. The molecule has 5 nitrogen and oxygen atoms in total. The van der Waals surface area contributed by atoms with Gasteiger partial charge in [0.1, 0.15) is 5.82 Å². The average molecular weight is 1020 g/mol. The van der Waals surface area contributed by atoms with Crippen molar-refractivity contribution in [2.24, 2.45) is 0 Å². The van der Waals surface area contributed by atoms with E-state index in [1.807, 2.05) is 24.3 Å². The Hall–Kier alpha value is -5.86. The molecule has 1 radical (unpaired) electrons. The van der Waals surface area contributed by atoms with E-state index >= 15 is 0 Å². The molecule has 0 bridgehead atoms. The molecule has 0 fully saturated rings. The fourth-order valence-corrected chi connectivity index (χ4v) is 9.08. The second-order valence-electron chi connectivity index (χ2n) is 17.2. The molecule has 10 rings (SSSR count). The Bertz CT molecular complexity index is 3390. The Morgan fingerprint density at radius 1 is 0.726 bits per heavy atom. The molecule has 0 N–H and O–H groups in total. The zero-order chi connectivity index (χ0) is 45.2. The Balaban J connectivity index is 0.000000222. The molecule has 0 amide bonds. The van der Waals surface area contributed by atoms with Gasteiger partial charge in [0, 0.05) is 52.7 Å². The standard InChI is InChI=1S/C38H29FN3O.C15H17FNSi.Ir/c1-21(2)27-11-7-12-28(22(3)4)35(27)42-34-20-24-10-6-5-9-23(24)19-33(34)40-37(42)30-14-8-13-29-31-18-25-17-26(39)15-16-32(25)41-38(31)43-36(29)30;1-11-5-7-13(14(16)9-11)15-8-6-12(10-17-15)18(2,3)4;/h5-13,15-22H,1-4H3;5-6,8-10H,1-4H3;/q2*-1;/i;1D3;. The first-order valence-corrected chi connectivity index (χ1v) is 24.0. The molecule has 0 atom stereocenters. The van der Waals surface area contributed by atoms with Crippen molar-refractivity contribution in [2.45, 2.75) is 66.0 Å². The Morgan fingerprint density at radius 2 is 1.47 bits per heavy atom. The molecule has 6 aromatic carbocycles. The van der Waals surface area contributed by atoms with Gasteiger partial charge in [-0.3, -0.25) is 9.37 Å². The number of fused-ring (bicyclic) bond motifs is 6. The molecule has 4 aromatic heterocycles. The summed E-state index contributed by atoms with van der Waals surface area (Å²) < 4.78 is 58.8. The average Bonchev–Trinajstić information content (AvgIpc) is 3.81. The third-order valence-electron chi connectivity index (χ3n) is 11.3. The predicted octanol–water partition coefficient (Wildman–Crippen LogP) is 14.0. The molecular formula is C53H46F2IrN4OSi-2. The van der Waals surface area contributed by atoms with Crippen molar-refractivity contribution in [3.05, 3.63) is 162 Å². The van der Waals surface area contributed by atoms with E-state index in [2.05, 4.69) is 124 Å². The van der Waals surface area contributed by atoms with Gasteiger partial charge in [-0.25, -0.2) is 9.37 Å². The summed E-state index contributed by atoms with van der Waals surface area (Å²) in [6, 6.07) is 42.1. The second kappa shape index (κ2) is 16.8. The molecule has 0 spiro atoms. The van der Waals surface area contributed by atoms with E-state index in [0.29, 0.717) is 34.3 Å². The van der Waals surface area contributed by atoms with E-state index in [0.717, 1.165) is 61.1 Å². The number of benzene rings is 6. The van der Waals surface area contributed by atoms with Crippen LogP contribution in [-0.4, -0.2) is 27.6 Å². The molecule has 9 heteroatoms. The number of para-hydroxylation sites is 1. The van der Waals surface area contributed by atoms with Gasteiger partial charge in [0.15, 0.2) is 0 Å². The summed E-state index contributed by atoms with van der Waals surface area (Å²) >= 11 is 0. The summed E-state index contributed by atoms with van der Waals surface area (Å²) in [5.74, 6) is 0.448. The van der Waals surface area contributed by atoms with E-state index in [4.69, 9.17) is 18.5 Å². The molecule has 0 aliphatic rings. The zero-order valence-corrected chi connectivity index (χ0v) is 38.9. The van der Waals surface area contributed by atoms with E-state index in [9.17, 15) is 8.78 Å². The van der Waals surface area contributed by atoms with E-state index in [1.54, 1.807) is 18.3 Å². The van der Waals surface area contributed by atoms with Crippen molar-refractivity contribution in [1.82, 2.24) is 19.5 Å². The summed E-state index contributed by atoms with van der Waals surface area (Å²) in [5, 5.41) is 5.95. The number of aryl methyl sites for hydroxylation is 1. The number of hydrogen-bond donors (Lipinski definition) is 0. The van der Waals surface area contributed by atoms with Gasteiger partial charge in [0.05, 0.1) is 36.0 Å². The maximum atomic E-state index is 14.1. The van der Waals surface area contributed by atoms with Gasteiger partial charge in [0.2, 0.25) is 5.71 Å². The van der Waals surface area contributed by atoms with Gasteiger partial charge in [-0.05, 0) is 81.0 Å². The van der Waals surface area contributed by atoms with Gasteiger partial charge in [0.25, 0.3) is 0 Å². The van der Waals surface area contributed by atoms with Crippen molar-refractivity contribution < 1.29 is 37.4 Å². The summed E-state index contributed by atoms with van der Waals surface area (Å²) in [7, 11) is -1.45. The smallest absolute Gasteiger partial charge is 0.216 e. The van der Waals surface area contributed by atoms with Crippen LogP contribution in [0.1, 0.15) is 60.3 Å². The SMILES string of the molecule is CC(C)c1cccc(C(C)C)c1-n1c(-c2[c-]ccc3c2oc2nc4ccc(F)cc4cc23)nc2cc3ccccc3cc21.[2H]C([2H])([2H])c1c[c-]c(-c2ccc([Si](C)(C)C)cn2)c(F)c1.[Ir]. The third kappa shape index (κ3) is 7.90. The molecule has 4 heterocycles. The predicted molar refractivity (Wildman–Crippen MR) is 250 cm³/mol. The van der Waals surface area contributed by atoms with Crippen LogP contribution in [0.25, 0.3) is 83.1 Å². The first kappa shape index (κ1) is 39.0. The summed E-state index contributed by atoms with van der Waals surface area (Å²) in [6.07, 6.45) is 1.77. The minimum Gasteiger partial charge on any atom is -0.486 e. The second-order valence-corrected chi connectivity index (χ2v) is 22.3. The maximum Gasteiger partial charge on any atom is 0.216 e. The molecular weight excluding hydrogens is 967 g/mol. The minimum absolute atomic E-state index is 0. The van der Waals surface area contributed by atoms with Crippen LogP contribution in [0.4, 0.5) is 8.78 Å². The van der Waals surface area contributed by atoms with Gasteiger partial charge < -0.3 is 14.0 Å². The molecule has 0 saturated carbocycles. The Kier molecular flexibility index (Phi) is 10.6. The van der Waals surface area contributed by atoms with Gasteiger partial charge >= 0.3 is 0 Å². The van der Waals surface area contributed by atoms with Gasteiger partial charge in [-0.1, -0.05) is 125 Å². The van der Waals surface area contributed by atoms with Gasteiger partial charge in [-0.15, -0.1) is 42.0 Å². The zero-order valence-electron chi connectivity index (χ0n) is 38.5. The Labute approximate surface area is 379 Å². The monoisotopic (exact) mass is 1020 g/mol. The van der Waals surface area contributed by atoms with Crippen LogP contribution in [-0.2, 0) is 20.1 Å². The van der Waals surface area contributed by atoms with Crippen LogP contribution in [0, 0.1) is 30.6 Å². The minimum atomic E-state index is -2.33. The fourth-order valence-electron chi connectivity index (χ4n) is 8.04. The van der Waals surface area contributed by atoms with Crippen LogP contribution in [0.2, 0.25) is 19.6 Å². The number of imidazole rings is 1. The van der Waals surface area contributed by atoms with Crippen LogP contribution >= 0.6 is 0 Å². The number of aromatic nitrogens is 4. The number of rotatable bonds is 6. The van der Waals surface area contributed by atoms with Crippen molar-refractivity contribution in [3.63, 3.8) is 0 Å². The number of nitrogens with zero attached hydrogens (tertiary/aromatic N) is 4. The topological polar surface area (TPSA) is 56.7 Å². The number of pyridine rings is 2. The Morgan fingerprint density at radius 3 is 2.13 bits per heavy atom. The molecule has 10 aromatic rings. The summed E-state index contributed by atoms with van der Waals surface area (Å²) in [6.45, 7) is 13.3. The largest absolute Gasteiger partial charge is 0.486 e. The van der Waals surface area contributed by atoms with E-state index in [-0.39, 0.29) is 37.0 Å². The summed E-state index contributed by atoms with van der Waals surface area (Å²) in [5.41, 5.74) is 8.83.